The number of aromatic carboxylic acids is 1. The third-order valence-electron chi connectivity index (χ3n) is 3.13. The number of anilines is 2. The van der Waals surface area contributed by atoms with Crippen LogP contribution in [0.25, 0.3) is 0 Å². The van der Waals surface area contributed by atoms with Gasteiger partial charge in [0.05, 0.1) is 31.2 Å². The van der Waals surface area contributed by atoms with Crippen LogP contribution in [-0.2, 0) is 16.1 Å². The number of furan rings is 1. The summed E-state index contributed by atoms with van der Waals surface area (Å²) in [5.74, 6) is -1.09. The van der Waals surface area contributed by atoms with Crippen LogP contribution in [0.4, 0.5) is 16.2 Å². The van der Waals surface area contributed by atoms with Crippen molar-refractivity contribution in [2.24, 2.45) is 0 Å². The van der Waals surface area contributed by atoms with E-state index in [4.69, 9.17) is 9.15 Å². The number of methoxy groups -OCH3 is 1. The van der Waals surface area contributed by atoms with Crippen LogP contribution in [-0.4, -0.2) is 30.2 Å². The maximum atomic E-state index is 12.1. The largest absolute Gasteiger partial charge is 0.478 e. The van der Waals surface area contributed by atoms with Gasteiger partial charge in [-0.15, -0.1) is 0 Å². The molecule has 8 heteroatoms. The minimum Gasteiger partial charge on any atom is -0.478 e. The van der Waals surface area contributed by atoms with Gasteiger partial charge in [0.25, 0.3) is 0 Å². The highest BCUT2D eigenvalue weighted by Gasteiger charge is 2.24. The SMILES string of the molecule is COC(=O)N(Cc1ccco1)c1cc(NC(C)=O)ccc1C(=O)O. The number of benzene rings is 1. The van der Waals surface area contributed by atoms with Crippen molar-refractivity contribution in [3.8, 4) is 0 Å². The monoisotopic (exact) mass is 332 g/mol. The van der Waals surface area contributed by atoms with Crippen molar-refractivity contribution in [1.29, 1.82) is 0 Å². The van der Waals surface area contributed by atoms with Crippen molar-refractivity contribution < 1.29 is 28.6 Å². The minimum atomic E-state index is -1.22. The Morgan fingerprint density at radius 1 is 1.29 bits per heavy atom. The number of carbonyl (C=O) groups is 3. The predicted molar refractivity (Wildman–Crippen MR) is 85.0 cm³/mol. The number of amides is 2. The van der Waals surface area contributed by atoms with Gasteiger partial charge in [-0.1, -0.05) is 0 Å². The van der Waals surface area contributed by atoms with E-state index < -0.39 is 12.1 Å². The first kappa shape index (κ1) is 17.1. The zero-order chi connectivity index (χ0) is 17.7. The summed E-state index contributed by atoms with van der Waals surface area (Å²) >= 11 is 0. The van der Waals surface area contributed by atoms with E-state index in [1.807, 2.05) is 0 Å². The molecule has 0 aliphatic heterocycles. The molecule has 1 aromatic heterocycles. The van der Waals surface area contributed by atoms with Crippen LogP contribution in [0.2, 0.25) is 0 Å². The maximum absolute atomic E-state index is 12.1. The third kappa shape index (κ3) is 3.92. The molecule has 0 aliphatic rings. The van der Waals surface area contributed by atoms with Gasteiger partial charge >= 0.3 is 12.1 Å². The van der Waals surface area contributed by atoms with E-state index in [0.29, 0.717) is 11.4 Å². The number of hydrogen-bond donors (Lipinski definition) is 2. The van der Waals surface area contributed by atoms with Crippen LogP contribution in [0.5, 0.6) is 0 Å². The number of carboxylic acid groups (broad SMARTS) is 1. The molecule has 2 N–H and O–H groups in total. The summed E-state index contributed by atoms with van der Waals surface area (Å²) in [6.45, 7) is 1.30. The van der Waals surface area contributed by atoms with Gasteiger partial charge in [-0.05, 0) is 30.3 Å². The number of nitrogens with zero attached hydrogens (tertiary/aromatic N) is 1. The van der Waals surface area contributed by atoms with Gasteiger partial charge in [0.2, 0.25) is 5.91 Å². The molecule has 0 fully saturated rings. The van der Waals surface area contributed by atoms with Crippen molar-refractivity contribution in [2.45, 2.75) is 13.5 Å². The Hall–Kier alpha value is -3.29. The molecule has 126 valence electrons. The summed E-state index contributed by atoms with van der Waals surface area (Å²) in [5, 5.41) is 11.9. The predicted octanol–water partition coefficient (Wildman–Crippen LogP) is 2.71. The summed E-state index contributed by atoms with van der Waals surface area (Å²) in [5.41, 5.74) is 0.328. The van der Waals surface area contributed by atoms with Crippen molar-refractivity contribution in [3.05, 3.63) is 47.9 Å². The van der Waals surface area contributed by atoms with Gasteiger partial charge < -0.3 is 19.6 Å². The highest BCUT2D eigenvalue weighted by atomic mass is 16.5. The Balaban J connectivity index is 2.50. The molecule has 0 atom stereocenters. The van der Waals surface area contributed by atoms with E-state index in [9.17, 15) is 19.5 Å². The van der Waals surface area contributed by atoms with Crippen molar-refractivity contribution >= 4 is 29.3 Å². The van der Waals surface area contributed by atoms with Gasteiger partial charge in [0.1, 0.15) is 5.76 Å². The van der Waals surface area contributed by atoms with Gasteiger partial charge in [-0.2, -0.15) is 0 Å². The Labute approximate surface area is 137 Å². The molecule has 0 spiro atoms. The second kappa shape index (κ2) is 7.32. The Morgan fingerprint density at radius 3 is 2.58 bits per heavy atom. The van der Waals surface area contributed by atoms with Gasteiger partial charge in [0, 0.05) is 12.6 Å². The maximum Gasteiger partial charge on any atom is 0.414 e. The lowest BCUT2D eigenvalue weighted by Crippen LogP contribution is -2.31. The number of ether oxygens (including phenoxy) is 1. The van der Waals surface area contributed by atoms with E-state index in [1.54, 1.807) is 12.1 Å². The van der Waals surface area contributed by atoms with Crippen LogP contribution in [0.1, 0.15) is 23.0 Å². The van der Waals surface area contributed by atoms with Crippen molar-refractivity contribution in [2.75, 3.05) is 17.3 Å². The topological polar surface area (TPSA) is 109 Å². The molecule has 24 heavy (non-hydrogen) atoms. The Kier molecular flexibility index (Phi) is 5.20. The first-order chi connectivity index (χ1) is 11.4. The van der Waals surface area contributed by atoms with Gasteiger partial charge in [0.15, 0.2) is 0 Å². The van der Waals surface area contributed by atoms with Gasteiger partial charge in [-0.3, -0.25) is 9.69 Å². The molecule has 2 aromatic rings. The second-order valence-electron chi connectivity index (χ2n) is 4.85. The summed E-state index contributed by atoms with van der Waals surface area (Å²) in [6, 6.07) is 7.44. The van der Waals surface area contributed by atoms with E-state index >= 15 is 0 Å². The number of carboxylic acids is 1. The number of carbonyl (C=O) groups excluding carboxylic acids is 2. The summed E-state index contributed by atoms with van der Waals surface area (Å²) in [7, 11) is 1.19. The smallest absolute Gasteiger partial charge is 0.414 e. The quantitative estimate of drug-likeness (QED) is 0.871. The van der Waals surface area contributed by atoms with E-state index in [1.165, 1.54) is 38.5 Å². The summed E-state index contributed by atoms with van der Waals surface area (Å²) in [6.07, 6.45) is 0.685. The van der Waals surface area contributed by atoms with Crippen LogP contribution >= 0.6 is 0 Å². The normalized spacial score (nSPS) is 10.1. The zero-order valence-corrected chi connectivity index (χ0v) is 13.1. The first-order valence-electron chi connectivity index (χ1n) is 6.95. The molecule has 0 unspecified atom stereocenters. The van der Waals surface area contributed by atoms with Crippen LogP contribution < -0.4 is 10.2 Å². The lowest BCUT2D eigenvalue weighted by atomic mass is 10.1. The molecular formula is C16H16N2O6. The number of rotatable bonds is 5. The molecular weight excluding hydrogens is 316 g/mol. The number of nitrogens with one attached hydrogen (secondary N) is 1. The molecule has 1 heterocycles. The molecule has 0 radical (unpaired) electrons. The third-order valence-corrected chi connectivity index (χ3v) is 3.13. The summed E-state index contributed by atoms with van der Waals surface area (Å²) in [4.78, 5) is 35.9. The van der Waals surface area contributed by atoms with Gasteiger partial charge in [-0.25, -0.2) is 9.59 Å². The molecule has 0 saturated carbocycles. The fourth-order valence-electron chi connectivity index (χ4n) is 2.13. The van der Waals surface area contributed by atoms with Crippen LogP contribution in [0.3, 0.4) is 0 Å². The summed E-state index contributed by atoms with van der Waals surface area (Å²) < 4.78 is 9.94. The highest BCUT2D eigenvalue weighted by Crippen LogP contribution is 2.27. The fraction of sp³-hybridized carbons (Fsp3) is 0.188. The lowest BCUT2D eigenvalue weighted by molar-refractivity contribution is -0.114. The standard InChI is InChI=1S/C16H16N2O6/c1-10(19)17-11-5-6-13(15(20)21)14(8-11)18(16(22)23-2)9-12-4-3-7-24-12/h3-8H,9H2,1-2H3,(H,17,19)(H,20,21). The first-order valence-corrected chi connectivity index (χ1v) is 6.95. The highest BCUT2D eigenvalue weighted by molar-refractivity contribution is 6.01. The molecule has 1 aromatic carbocycles. The van der Waals surface area contributed by atoms with Crippen molar-refractivity contribution in [1.82, 2.24) is 0 Å². The van der Waals surface area contributed by atoms with Crippen LogP contribution in [0, 0.1) is 0 Å². The van der Waals surface area contributed by atoms with E-state index in [-0.39, 0.29) is 23.7 Å². The number of hydrogen-bond acceptors (Lipinski definition) is 5. The van der Waals surface area contributed by atoms with E-state index in [0.717, 1.165) is 4.90 Å². The fourth-order valence-corrected chi connectivity index (χ4v) is 2.13. The average Bonchev–Trinajstić information content (AvgIpc) is 3.04. The molecule has 2 rings (SSSR count). The second-order valence-corrected chi connectivity index (χ2v) is 4.85. The van der Waals surface area contributed by atoms with E-state index in [2.05, 4.69) is 5.32 Å². The molecule has 0 saturated heterocycles. The zero-order valence-electron chi connectivity index (χ0n) is 13.1. The average molecular weight is 332 g/mol. The Bertz CT molecular complexity index is 754. The van der Waals surface area contributed by atoms with Crippen molar-refractivity contribution in [3.63, 3.8) is 0 Å². The Morgan fingerprint density at radius 2 is 2.04 bits per heavy atom. The lowest BCUT2D eigenvalue weighted by Gasteiger charge is -2.22. The molecule has 0 aliphatic carbocycles. The van der Waals surface area contributed by atoms with Crippen LogP contribution in [0.15, 0.2) is 41.0 Å². The molecule has 0 bridgehead atoms. The molecule has 8 nitrogen and oxygen atoms in total. The minimum absolute atomic E-state index is 0.0243. The molecule has 2 amide bonds.